The van der Waals surface area contributed by atoms with E-state index in [1.807, 2.05) is 13.3 Å². The molecule has 0 amide bonds. The fourth-order valence-electron chi connectivity index (χ4n) is 1.39. The van der Waals surface area contributed by atoms with E-state index in [0.29, 0.717) is 12.5 Å². The van der Waals surface area contributed by atoms with Crippen molar-refractivity contribution in [2.45, 2.75) is 25.4 Å². The second kappa shape index (κ2) is 5.30. The van der Waals surface area contributed by atoms with E-state index in [4.69, 9.17) is 0 Å². The van der Waals surface area contributed by atoms with E-state index in [-0.39, 0.29) is 5.56 Å². The van der Waals surface area contributed by atoms with E-state index < -0.39 is 0 Å². The number of nitrogens with zero attached hydrogens (tertiary/aromatic N) is 1. The molecule has 0 saturated heterocycles. The van der Waals surface area contributed by atoms with Crippen LogP contribution in [0.15, 0.2) is 22.1 Å². The summed E-state index contributed by atoms with van der Waals surface area (Å²) in [5.74, 6) is 0.375. The van der Waals surface area contributed by atoms with Gasteiger partial charge in [0.2, 0.25) is 0 Å². The highest BCUT2D eigenvalue weighted by atomic mass is 32.2. The van der Waals surface area contributed by atoms with Crippen molar-refractivity contribution >= 4 is 11.8 Å². The number of nitrogens with one attached hydrogen (secondary N) is 2. The number of rotatable bonds is 5. The molecule has 0 fully saturated rings. The Balaban J connectivity index is 2.81. The smallest absolute Gasteiger partial charge is 0.270 e. The maximum atomic E-state index is 11.6. The van der Waals surface area contributed by atoms with Crippen molar-refractivity contribution in [3.63, 3.8) is 0 Å². The third-order valence-corrected chi connectivity index (χ3v) is 3.40. The van der Waals surface area contributed by atoms with E-state index in [1.165, 1.54) is 0 Å². The molecule has 4 nitrogen and oxygen atoms in total. The summed E-state index contributed by atoms with van der Waals surface area (Å²) in [6.45, 7) is 8.59. The number of aromatic nitrogens is 2. The second-order valence-electron chi connectivity index (χ2n) is 4.02. The molecule has 0 radical (unpaired) electrons. The van der Waals surface area contributed by atoms with Crippen LogP contribution in [0.25, 0.3) is 0 Å². The number of aryl methyl sites for hydroxylation is 1. The Labute approximate surface area is 100 Å². The quantitative estimate of drug-likeness (QED) is 0.771. The summed E-state index contributed by atoms with van der Waals surface area (Å²) in [4.78, 5) is 11.6. The van der Waals surface area contributed by atoms with Gasteiger partial charge in [0, 0.05) is 19.3 Å². The van der Waals surface area contributed by atoms with Gasteiger partial charge in [-0.15, -0.1) is 11.8 Å². The summed E-state index contributed by atoms with van der Waals surface area (Å²) in [7, 11) is 1.84. The van der Waals surface area contributed by atoms with Crippen molar-refractivity contribution in [3.8, 4) is 0 Å². The van der Waals surface area contributed by atoms with Gasteiger partial charge in [-0.25, -0.2) is 0 Å². The van der Waals surface area contributed by atoms with Crippen LogP contribution in [0.3, 0.4) is 0 Å². The highest BCUT2D eigenvalue weighted by Crippen LogP contribution is 2.16. The Kier molecular flexibility index (Phi) is 4.29. The Morgan fingerprint density at radius 1 is 1.62 bits per heavy atom. The molecule has 0 aliphatic carbocycles. The summed E-state index contributed by atoms with van der Waals surface area (Å²) in [6, 6.07) is 0. The highest BCUT2D eigenvalue weighted by molar-refractivity contribution is 7.98. The maximum Gasteiger partial charge on any atom is 0.270 e. The monoisotopic (exact) mass is 241 g/mol. The predicted molar refractivity (Wildman–Crippen MR) is 68.6 cm³/mol. The molecule has 0 unspecified atom stereocenters. The molecule has 1 aromatic heterocycles. The summed E-state index contributed by atoms with van der Waals surface area (Å²) >= 11 is 1.56. The van der Waals surface area contributed by atoms with Crippen molar-refractivity contribution < 1.29 is 0 Å². The first-order valence-corrected chi connectivity index (χ1v) is 6.44. The largest absolute Gasteiger partial charge is 0.384 e. The SMILES string of the molecule is C=C(NCc1c(SC)n(C)[nH]c1=O)C(C)C. The standard InChI is InChI=1S/C11H19N3OS/c1-7(2)8(3)12-6-9-10(15)13-14(4)11(9)16-5/h7,12H,3,6H2,1-2,4-5H3,(H,13,15). The molecule has 5 heteroatoms. The van der Waals surface area contributed by atoms with Gasteiger partial charge in [0.05, 0.1) is 5.56 Å². The molecular formula is C11H19N3OS. The van der Waals surface area contributed by atoms with Gasteiger partial charge >= 0.3 is 0 Å². The average Bonchev–Trinajstić information content (AvgIpc) is 2.48. The molecule has 90 valence electrons. The Morgan fingerprint density at radius 3 is 2.75 bits per heavy atom. The number of thioether (sulfide) groups is 1. The normalized spacial score (nSPS) is 10.8. The molecular weight excluding hydrogens is 222 g/mol. The van der Waals surface area contributed by atoms with Gasteiger partial charge in [0.15, 0.2) is 0 Å². The zero-order valence-electron chi connectivity index (χ0n) is 10.3. The lowest BCUT2D eigenvalue weighted by molar-refractivity contribution is 0.644. The Bertz CT molecular complexity index is 431. The number of aromatic amines is 1. The molecule has 0 aromatic carbocycles. The van der Waals surface area contributed by atoms with Gasteiger partial charge < -0.3 is 5.32 Å². The average molecular weight is 241 g/mol. The van der Waals surface area contributed by atoms with E-state index in [2.05, 4.69) is 30.8 Å². The van der Waals surface area contributed by atoms with Crippen LogP contribution < -0.4 is 10.9 Å². The first-order valence-electron chi connectivity index (χ1n) is 5.21. The molecule has 0 bridgehead atoms. The molecule has 0 aliphatic heterocycles. The maximum absolute atomic E-state index is 11.6. The van der Waals surface area contributed by atoms with E-state index in [1.54, 1.807) is 16.4 Å². The van der Waals surface area contributed by atoms with Crippen molar-refractivity contribution in [3.05, 3.63) is 28.2 Å². The zero-order chi connectivity index (χ0) is 12.3. The van der Waals surface area contributed by atoms with E-state index in [0.717, 1.165) is 16.3 Å². The van der Waals surface area contributed by atoms with Crippen molar-refractivity contribution in [1.29, 1.82) is 0 Å². The number of hydrogen-bond acceptors (Lipinski definition) is 3. The van der Waals surface area contributed by atoms with Crippen LogP contribution >= 0.6 is 11.8 Å². The minimum absolute atomic E-state index is 0.0316. The fraction of sp³-hybridized carbons (Fsp3) is 0.545. The molecule has 1 rings (SSSR count). The first kappa shape index (κ1) is 13.0. The highest BCUT2D eigenvalue weighted by Gasteiger charge is 2.12. The number of H-pyrrole nitrogens is 1. The van der Waals surface area contributed by atoms with Gasteiger partial charge in [-0.2, -0.15) is 0 Å². The van der Waals surface area contributed by atoms with Crippen LogP contribution in [0.2, 0.25) is 0 Å². The first-order chi connectivity index (χ1) is 7.47. The van der Waals surface area contributed by atoms with Crippen LogP contribution in [0, 0.1) is 5.92 Å². The lowest BCUT2D eigenvalue weighted by Crippen LogP contribution is -2.20. The number of hydrogen-bond donors (Lipinski definition) is 2. The molecule has 16 heavy (non-hydrogen) atoms. The lowest BCUT2D eigenvalue weighted by Gasteiger charge is -2.12. The van der Waals surface area contributed by atoms with Crippen LogP contribution in [0.4, 0.5) is 0 Å². The minimum Gasteiger partial charge on any atom is -0.384 e. The minimum atomic E-state index is -0.0316. The summed E-state index contributed by atoms with van der Waals surface area (Å²) in [5.41, 5.74) is 1.70. The van der Waals surface area contributed by atoms with Gasteiger partial charge in [-0.3, -0.25) is 14.6 Å². The lowest BCUT2D eigenvalue weighted by atomic mass is 10.1. The van der Waals surface area contributed by atoms with Crippen LogP contribution in [0.5, 0.6) is 0 Å². The fourth-order valence-corrected chi connectivity index (χ4v) is 2.12. The van der Waals surface area contributed by atoms with Gasteiger partial charge in [-0.1, -0.05) is 20.4 Å². The molecule has 0 atom stereocenters. The Hall–Kier alpha value is -1.10. The predicted octanol–water partition coefficient (Wildman–Crippen LogP) is 1.69. The van der Waals surface area contributed by atoms with E-state index in [9.17, 15) is 4.79 Å². The van der Waals surface area contributed by atoms with Crippen LogP contribution in [-0.2, 0) is 13.6 Å². The van der Waals surface area contributed by atoms with Crippen LogP contribution in [-0.4, -0.2) is 16.0 Å². The Morgan fingerprint density at radius 2 is 2.25 bits per heavy atom. The topological polar surface area (TPSA) is 49.8 Å². The van der Waals surface area contributed by atoms with Crippen molar-refractivity contribution in [2.24, 2.45) is 13.0 Å². The third-order valence-electron chi connectivity index (χ3n) is 2.49. The number of allylic oxidation sites excluding steroid dienone is 1. The van der Waals surface area contributed by atoms with E-state index >= 15 is 0 Å². The summed E-state index contributed by atoms with van der Waals surface area (Å²) in [5, 5.41) is 6.90. The van der Waals surface area contributed by atoms with Gasteiger partial charge in [0.1, 0.15) is 5.03 Å². The molecule has 0 aliphatic rings. The molecule has 1 heterocycles. The van der Waals surface area contributed by atoms with Crippen LogP contribution in [0.1, 0.15) is 19.4 Å². The van der Waals surface area contributed by atoms with Crippen molar-refractivity contribution in [2.75, 3.05) is 6.26 Å². The third kappa shape index (κ3) is 2.72. The zero-order valence-corrected chi connectivity index (χ0v) is 11.1. The van der Waals surface area contributed by atoms with Crippen molar-refractivity contribution in [1.82, 2.24) is 15.1 Å². The molecule has 0 saturated carbocycles. The summed E-state index contributed by atoms with van der Waals surface area (Å²) in [6.07, 6.45) is 1.96. The van der Waals surface area contributed by atoms with Gasteiger partial charge in [-0.05, 0) is 12.2 Å². The molecule has 0 spiro atoms. The molecule has 2 N–H and O–H groups in total. The molecule has 1 aromatic rings. The van der Waals surface area contributed by atoms with Gasteiger partial charge in [0.25, 0.3) is 5.56 Å². The second-order valence-corrected chi connectivity index (χ2v) is 4.82. The summed E-state index contributed by atoms with van der Waals surface area (Å²) < 4.78 is 1.75.